The largest absolute Gasteiger partial charge is 0.361 e. The summed E-state index contributed by atoms with van der Waals surface area (Å²) in [6.45, 7) is 5.47. The summed E-state index contributed by atoms with van der Waals surface area (Å²) in [4.78, 5) is 17.3. The first-order valence-electron chi connectivity index (χ1n) is 7.21. The molecule has 0 bridgehead atoms. The van der Waals surface area contributed by atoms with Gasteiger partial charge < -0.3 is 9.88 Å². The minimum Gasteiger partial charge on any atom is -0.361 e. The summed E-state index contributed by atoms with van der Waals surface area (Å²) in [5, 5.41) is 1.27. The second kappa shape index (κ2) is 5.16. The van der Waals surface area contributed by atoms with E-state index < -0.39 is 0 Å². The van der Waals surface area contributed by atoms with Gasteiger partial charge in [-0.05, 0) is 18.1 Å². The monoisotopic (exact) mass is 268 g/mol. The van der Waals surface area contributed by atoms with Crippen LogP contribution in [0.4, 0.5) is 0 Å². The molecule has 1 aromatic heterocycles. The molecule has 3 heteroatoms. The van der Waals surface area contributed by atoms with Gasteiger partial charge in [0.1, 0.15) is 0 Å². The standard InChI is InChI=1S/C17H20N2O/c1-12(2)17(20)19-9-7-13(8-10-19)15-11-18-16-6-4-3-5-14(15)16/h3-7,11-12,18H,8-10H2,1-2H3. The molecule has 3 nitrogen and oxygen atoms in total. The first kappa shape index (κ1) is 13.0. The maximum absolute atomic E-state index is 12.0. The Bertz CT molecular complexity index is 666. The first-order chi connectivity index (χ1) is 9.66. The average Bonchev–Trinajstić information content (AvgIpc) is 2.90. The first-order valence-corrected chi connectivity index (χ1v) is 7.21. The zero-order valence-electron chi connectivity index (χ0n) is 12.0. The van der Waals surface area contributed by atoms with Crippen molar-refractivity contribution in [2.24, 2.45) is 5.92 Å². The minimum absolute atomic E-state index is 0.0815. The van der Waals surface area contributed by atoms with Crippen LogP contribution in [0.5, 0.6) is 0 Å². The summed E-state index contributed by atoms with van der Waals surface area (Å²) in [7, 11) is 0. The molecule has 1 aromatic carbocycles. The fourth-order valence-corrected chi connectivity index (χ4v) is 2.82. The Labute approximate surface area is 119 Å². The average molecular weight is 268 g/mol. The van der Waals surface area contributed by atoms with Crippen LogP contribution in [0, 0.1) is 5.92 Å². The van der Waals surface area contributed by atoms with Crippen LogP contribution < -0.4 is 0 Å². The van der Waals surface area contributed by atoms with E-state index in [-0.39, 0.29) is 11.8 Å². The zero-order valence-corrected chi connectivity index (χ0v) is 12.0. The zero-order chi connectivity index (χ0) is 14.1. The molecule has 0 unspecified atom stereocenters. The third-order valence-electron chi connectivity index (χ3n) is 3.95. The number of benzene rings is 1. The van der Waals surface area contributed by atoms with Crippen LogP contribution in [-0.4, -0.2) is 28.9 Å². The molecule has 104 valence electrons. The molecule has 1 aliphatic rings. The fraction of sp³-hybridized carbons (Fsp3) is 0.353. The lowest BCUT2D eigenvalue weighted by molar-refractivity contribution is -0.134. The van der Waals surface area contributed by atoms with Crippen LogP contribution in [-0.2, 0) is 4.79 Å². The van der Waals surface area contributed by atoms with E-state index in [9.17, 15) is 4.79 Å². The lowest BCUT2D eigenvalue weighted by Gasteiger charge is -2.28. The van der Waals surface area contributed by atoms with Crippen LogP contribution in [0.25, 0.3) is 16.5 Å². The highest BCUT2D eigenvalue weighted by atomic mass is 16.2. The number of aromatic nitrogens is 1. The molecule has 2 heterocycles. The third-order valence-corrected chi connectivity index (χ3v) is 3.95. The normalized spacial score (nSPS) is 15.8. The van der Waals surface area contributed by atoms with Crippen molar-refractivity contribution in [3.8, 4) is 0 Å². The maximum Gasteiger partial charge on any atom is 0.225 e. The van der Waals surface area contributed by atoms with E-state index in [2.05, 4.69) is 35.5 Å². The Hall–Kier alpha value is -2.03. The van der Waals surface area contributed by atoms with E-state index >= 15 is 0 Å². The molecule has 3 rings (SSSR count). The SMILES string of the molecule is CC(C)C(=O)N1CC=C(c2c[nH]c3ccccc23)CC1. The van der Waals surface area contributed by atoms with Crippen LogP contribution in [0.3, 0.4) is 0 Å². The van der Waals surface area contributed by atoms with Gasteiger partial charge >= 0.3 is 0 Å². The van der Waals surface area contributed by atoms with E-state index in [4.69, 9.17) is 0 Å². The quantitative estimate of drug-likeness (QED) is 0.890. The number of nitrogens with one attached hydrogen (secondary N) is 1. The minimum atomic E-state index is 0.0815. The molecule has 1 aliphatic heterocycles. The number of H-pyrrole nitrogens is 1. The molecule has 0 saturated carbocycles. The maximum atomic E-state index is 12.0. The van der Waals surface area contributed by atoms with Gasteiger partial charge in [0, 0.05) is 41.7 Å². The van der Waals surface area contributed by atoms with E-state index in [1.165, 1.54) is 22.0 Å². The van der Waals surface area contributed by atoms with Gasteiger partial charge in [0.25, 0.3) is 0 Å². The van der Waals surface area contributed by atoms with Crippen LogP contribution in [0.1, 0.15) is 25.8 Å². The summed E-state index contributed by atoms with van der Waals surface area (Å²) in [5.74, 6) is 0.331. The number of carbonyl (C=O) groups excluding carboxylic acids is 1. The lowest BCUT2D eigenvalue weighted by Crippen LogP contribution is -2.37. The molecule has 2 aromatic rings. The molecule has 0 fully saturated rings. The Kier molecular flexibility index (Phi) is 3.35. The van der Waals surface area contributed by atoms with Gasteiger partial charge in [-0.2, -0.15) is 0 Å². The molecule has 20 heavy (non-hydrogen) atoms. The van der Waals surface area contributed by atoms with Gasteiger partial charge in [0.05, 0.1) is 0 Å². The number of para-hydroxylation sites is 1. The summed E-state index contributed by atoms with van der Waals surface area (Å²) in [6, 6.07) is 8.35. The number of hydrogen-bond acceptors (Lipinski definition) is 1. The summed E-state index contributed by atoms with van der Waals surface area (Å²) >= 11 is 0. The van der Waals surface area contributed by atoms with E-state index in [1.54, 1.807) is 0 Å². The highest BCUT2D eigenvalue weighted by Crippen LogP contribution is 2.29. The summed E-state index contributed by atoms with van der Waals surface area (Å²) < 4.78 is 0. The molecule has 0 saturated heterocycles. The predicted octanol–water partition coefficient (Wildman–Crippen LogP) is 3.44. The summed E-state index contributed by atoms with van der Waals surface area (Å²) in [5.41, 5.74) is 3.79. The predicted molar refractivity (Wildman–Crippen MR) is 82.3 cm³/mol. The lowest BCUT2D eigenvalue weighted by atomic mass is 9.98. The summed E-state index contributed by atoms with van der Waals surface area (Å²) in [6.07, 6.45) is 5.20. The van der Waals surface area contributed by atoms with Crippen molar-refractivity contribution >= 4 is 22.4 Å². The molecule has 1 amide bonds. The Morgan fingerprint density at radius 1 is 1.30 bits per heavy atom. The third kappa shape index (κ3) is 2.24. The van der Waals surface area contributed by atoms with Crippen molar-refractivity contribution in [3.63, 3.8) is 0 Å². The molecule has 0 aliphatic carbocycles. The second-order valence-electron chi connectivity index (χ2n) is 5.67. The van der Waals surface area contributed by atoms with Crippen molar-refractivity contribution in [3.05, 3.63) is 42.1 Å². The van der Waals surface area contributed by atoms with Crippen LogP contribution >= 0.6 is 0 Å². The van der Waals surface area contributed by atoms with Crippen molar-refractivity contribution < 1.29 is 4.79 Å². The van der Waals surface area contributed by atoms with Gasteiger partial charge in [-0.1, -0.05) is 38.1 Å². The van der Waals surface area contributed by atoms with Gasteiger partial charge in [0.2, 0.25) is 5.91 Å². The van der Waals surface area contributed by atoms with Crippen LogP contribution in [0.15, 0.2) is 36.5 Å². The smallest absolute Gasteiger partial charge is 0.225 e. The number of aromatic amines is 1. The Balaban J connectivity index is 1.85. The fourth-order valence-electron chi connectivity index (χ4n) is 2.82. The number of amides is 1. The Morgan fingerprint density at radius 3 is 2.80 bits per heavy atom. The topological polar surface area (TPSA) is 36.1 Å². The number of rotatable bonds is 2. The van der Waals surface area contributed by atoms with Gasteiger partial charge in [-0.3, -0.25) is 4.79 Å². The number of nitrogens with zero attached hydrogens (tertiary/aromatic N) is 1. The molecule has 0 radical (unpaired) electrons. The highest BCUT2D eigenvalue weighted by molar-refractivity contribution is 5.93. The van der Waals surface area contributed by atoms with Crippen LogP contribution in [0.2, 0.25) is 0 Å². The van der Waals surface area contributed by atoms with E-state index in [1.807, 2.05) is 24.8 Å². The van der Waals surface area contributed by atoms with Crippen molar-refractivity contribution in [1.29, 1.82) is 0 Å². The number of fused-ring (bicyclic) bond motifs is 1. The molecular formula is C17H20N2O. The van der Waals surface area contributed by atoms with Gasteiger partial charge in [0.15, 0.2) is 0 Å². The van der Waals surface area contributed by atoms with Crippen molar-refractivity contribution in [2.75, 3.05) is 13.1 Å². The van der Waals surface area contributed by atoms with E-state index in [0.717, 1.165) is 19.5 Å². The van der Waals surface area contributed by atoms with Crippen molar-refractivity contribution in [1.82, 2.24) is 9.88 Å². The molecule has 0 spiro atoms. The number of carbonyl (C=O) groups is 1. The molecule has 1 N–H and O–H groups in total. The van der Waals surface area contributed by atoms with Crippen molar-refractivity contribution in [2.45, 2.75) is 20.3 Å². The molecule has 0 atom stereocenters. The van der Waals surface area contributed by atoms with E-state index in [0.29, 0.717) is 0 Å². The number of hydrogen-bond donors (Lipinski definition) is 1. The van der Waals surface area contributed by atoms with Gasteiger partial charge in [-0.15, -0.1) is 0 Å². The highest BCUT2D eigenvalue weighted by Gasteiger charge is 2.20. The second-order valence-corrected chi connectivity index (χ2v) is 5.67. The van der Waals surface area contributed by atoms with Gasteiger partial charge in [-0.25, -0.2) is 0 Å². The Morgan fingerprint density at radius 2 is 2.10 bits per heavy atom. The molecular weight excluding hydrogens is 248 g/mol.